The molecule has 1 aromatic heterocycles. The number of benzene rings is 1. The Labute approximate surface area is 151 Å². The van der Waals surface area contributed by atoms with Crippen LogP contribution in [0.4, 0.5) is 0 Å². The van der Waals surface area contributed by atoms with Crippen LogP contribution in [-0.4, -0.2) is 47.3 Å². The molecule has 6 nitrogen and oxygen atoms in total. The summed E-state index contributed by atoms with van der Waals surface area (Å²) in [5.41, 5.74) is 0.756. The summed E-state index contributed by atoms with van der Waals surface area (Å²) >= 11 is 2.61. The van der Waals surface area contributed by atoms with Crippen LogP contribution in [0.3, 0.4) is 0 Å². The van der Waals surface area contributed by atoms with E-state index in [9.17, 15) is 9.59 Å². The van der Waals surface area contributed by atoms with E-state index < -0.39 is 0 Å². The topological polar surface area (TPSA) is 74.8 Å². The van der Waals surface area contributed by atoms with E-state index in [0.717, 1.165) is 18.7 Å². The lowest BCUT2D eigenvalue weighted by atomic mass is 10.2. The molecule has 2 aromatic rings. The second-order valence-corrected chi connectivity index (χ2v) is 7.56. The highest BCUT2D eigenvalue weighted by Gasteiger charge is 2.28. The zero-order valence-electron chi connectivity index (χ0n) is 13.2. The molecule has 2 aliphatic rings. The molecule has 1 aromatic carbocycles. The van der Waals surface area contributed by atoms with E-state index in [-0.39, 0.29) is 11.5 Å². The Hall–Kier alpha value is -2.16. The Morgan fingerprint density at radius 2 is 1.92 bits per heavy atom. The summed E-state index contributed by atoms with van der Waals surface area (Å²) in [6.45, 7) is 2.71. The third-order valence-electron chi connectivity index (χ3n) is 3.83. The number of thiazole rings is 1. The molecule has 0 spiro atoms. The van der Waals surface area contributed by atoms with E-state index >= 15 is 0 Å². The molecule has 0 bridgehead atoms. The highest BCUT2D eigenvalue weighted by molar-refractivity contribution is 8.23. The Morgan fingerprint density at radius 1 is 1.16 bits per heavy atom. The number of carbonyl (C=O) groups is 1. The molecule has 1 saturated heterocycles. The highest BCUT2D eigenvalue weighted by Crippen LogP contribution is 2.28. The number of morpholine rings is 1. The Balaban J connectivity index is 1.68. The van der Waals surface area contributed by atoms with Gasteiger partial charge in [0.25, 0.3) is 11.5 Å². The number of amidine groups is 1. The van der Waals surface area contributed by atoms with Crippen LogP contribution in [0.1, 0.15) is 5.56 Å². The number of ether oxygens (including phenoxy) is 1. The van der Waals surface area contributed by atoms with E-state index in [1.54, 1.807) is 0 Å². The molecule has 25 heavy (non-hydrogen) atoms. The summed E-state index contributed by atoms with van der Waals surface area (Å²) in [6.07, 6.45) is 1.82. The van der Waals surface area contributed by atoms with Crippen molar-refractivity contribution in [2.45, 2.75) is 0 Å². The first-order chi connectivity index (χ1) is 12.2. The van der Waals surface area contributed by atoms with Gasteiger partial charge in [-0.05, 0) is 23.4 Å². The molecule has 128 valence electrons. The minimum atomic E-state index is -0.296. The van der Waals surface area contributed by atoms with Gasteiger partial charge in [-0.25, -0.2) is 0 Å². The lowest BCUT2D eigenvalue weighted by Crippen LogP contribution is -2.38. The van der Waals surface area contributed by atoms with Gasteiger partial charge in [0.2, 0.25) is 0 Å². The predicted octanol–water partition coefficient (Wildman–Crippen LogP) is 0.335. The smallest absolute Gasteiger partial charge is 0.289 e. The van der Waals surface area contributed by atoms with Gasteiger partial charge in [0.1, 0.15) is 9.57 Å². The monoisotopic (exact) mass is 373 g/mol. The number of thioether (sulfide) groups is 1. The van der Waals surface area contributed by atoms with Gasteiger partial charge in [-0.2, -0.15) is 4.99 Å². The molecule has 1 N–H and O–H groups in total. The summed E-state index contributed by atoms with van der Waals surface area (Å²) in [5, 5.41) is 0.686. The van der Waals surface area contributed by atoms with Crippen LogP contribution >= 0.6 is 23.1 Å². The summed E-state index contributed by atoms with van der Waals surface area (Å²) in [5.74, 6) is -0.296. The third-order valence-corrected chi connectivity index (χ3v) is 6.11. The van der Waals surface area contributed by atoms with Crippen LogP contribution in [-0.2, 0) is 9.53 Å². The lowest BCUT2D eigenvalue weighted by molar-refractivity contribution is -0.112. The molecule has 1 amide bonds. The number of hydrogen-bond acceptors (Lipinski definition) is 6. The molecule has 4 rings (SSSR count). The molecule has 0 atom stereocenters. The van der Waals surface area contributed by atoms with Crippen LogP contribution in [0.25, 0.3) is 11.0 Å². The quantitative estimate of drug-likeness (QED) is 0.780. The summed E-state index contributed by atoms with van der Waals surface area (Å²) in [6, 6.07) is 9.63. The zero-order valence-corrected chi connectivity index (χ0v) is 14.9. The molecule has 0 aliphatic carbocycles. The summed E-state index contributed by atoms with van der Waals surface area (Å²) in [7, 11) is 0. The van der Waals surface area contributed by atoms with Crippen molar-refractivity contribution >= 4 is 45.2 Å². The van der Waals surface area contributed by atoms with Gasteiger partial charge in [-0.15, -0.1) is 11.3 Å². The van der Waals surface area contributed by atoms with Crippen LogP contribution in [0, 0.1) is 0 Å². The van der Waals surface area contributed by atoms with Gasteiger partial charge < -0.3 is 14.6 Å². The van der Waals surface area contributed by atoms with Gasteiger partial charge in [0.05, 0.1) is 17.7 Å². The molecule has 0 saturated carbocycles. The average Bonchev–Trinajstić information content (AvgIpc) is 3.20. The Morgan fingerprint density at radius 3 is 2.68 bits per heavy atom. The Kier molecular flexibility index (Phi) is 4.56. The number of hydrogen-bond donors (Lipinski definition) is 1. The second kappa shape index (κ2) is 6.99. The standard InChI is InChI=1S/C17H15N3O3S2/c21-14-12(10-11-4-2-1-3-5-11)24-16(18-14)13-15(22)19-17(25-13)20-6-8-23-9-7-20/h1-5,10H,6-9H2,(H,18,21)/b12-10?,16-13-. The first kappa shape index (κ1) is 16.3. The molecule has 2 aliphatic heterocycles. The van der Waals surface area contributed by atoms with Crippen LogP contribution in [0.2, 0.25) is 0 Å². The maximum absolute atomic E-state index is 12.3. The van der Waals surface area contributed by atoms with Crippen molar-refractivity contribution in [1.29, 1.82) is 0 Å². The van der Waals surface area contributed by atoms with Crippen molar-refractivity contribution in [2.24, 2.45) is 4.99 Å². The number of H-pyrrole nitrogens is 1. The average molecular weight is 373 g/mol. The number of nitrogens with one attached hydrogen (secondary N) is 1. The van der Waals surface area contributed by atoms with E-state index in [2.05, 4.69) is 9.98 Å². The van der Waals surface area contributed by atoms with Gasteiger partial charge in [0, 0.05) is 13.1 Å². The second-order valence-electron chi connectivity index (χ2n) is 5.53. The fourth-order valence-electron chi connectivity index (χ4n) is 2.57. The van der Waals surface area contributed by atoms with Crippen LogP contribution in [0.5, 0.6) is 0 Å². The molecule has 0 unspecified atom stereocenters. The van der Waals surface area contributed by atoms with Crippen molar-refractivity contribution < 1.29 is 9.53 Å². The first-order valence-electron chi connectivity index (χ1n) is 7.84. The molecule has 1 fully saturated rings. The number of rotatable bonds is 1. The van der Waals surface area contributed by atoms with Gasteiger partial charge >= 0.3 is 0 Å². The predicted molar refractivity (Wildman–Crippen MR) is 100 cm³/mol. The first-order valence-corrected chi connectivity index (χ1v) is 9.48. The molecule has 3 heterocycles. The molecular formula is C17H15N3O3S2. The lowest BCUT2D eigenvalue weighted by Gasteiger charge is -2.27. The van der Waals surface area contributed by atoms with Crippen molar-refractivity contribution in [1.82, 2.24) is 9.88 Å². The van der Waals surface area contributed by atoms with Crippen molar-refractivity contribution in [3.8, 4) is 0 Å². The maximum atomic E-state index is 12.3. The number of aromatic nitrogens is 1. The van der Waals surface area contributed by atoms with E-state index in [1.165, 1.54) is 23.1 Å². The molecule has 8 heteroatoms. The van der Waals surface area contributed by atoms with Crippen molar-refractivity contribution in [3.63, 3.8) is 0 Å². The Bertz CT molecular complexity index is 1000. The normalized spacial score (nSPS) is 21.0. The molecular weight excluding hydrogens is 358 g/mol. The van der Waals surface area contributed by atoms with E-state index in [4.69, 9.17) is 4.74 Å². The van der Waals surface area contributed by atoms with Crippen molar-refractivity contribution in [3.05, 3.63) is 55.4 Å². The minimum Gasteiger partial charge on any atom is -0.378 e. The number of aliphatic imine (C=N–C) groups is 1. The third kappa shape index (κ3) is 3.46. The zero-order chi connectivity index (χ0) is 17.2. The number of amides is 1. The van der Waals surface area contributed by atoms with Crippen LogP contribution in [0.15, 0.2) is 40.1 Å². The van der Waals surface area contributed by atoms with Gasteiger partial charge in [-0.1, -0.05) is 30.3 Å². The minimum absolute atomic E-state index is 0.190. The largest absolute Gasteiger partial charge is 0.378 e. The SMILES string of the molecule is O=C1N=C(N2CCOCC2)S/C1=c1/[nH]c(=O)c(=Cc2ccccc2)s1. The number of aromatic amines is 1. The van der Waals surface area contributed by atoms with Crippen molar-refractivity contribution in [2.75, 3.05) is 26.3 Å². The molecule has 0 radical (unpaired) electrons. The van der Waals surface area contributed by atoms with Gasteiger partial charge in [-0.3, -0.25) is 9.59 Å². The van der Waals surface area contributed by atoms with Gasteiger partial charge in [0.15, 0.2) is 5.17 Å². The van der Waals surface area contributed by atoms with Crippen LogP contribution < -0.4 is 14.8 Å². The fraction of sp³-hybridized carbons (Fsp3) is 0.235. The summed E-state index contributed by atoms with van der Waals surface area (Å²) < 4.78 is 6.46. The fourth-order valence-corrected chi connectivity index (χ4v) is 4.61. The van der Waals surface area contributed by atoms with E-state index in [0.29, 0.717) is 32.5 Å². The maximum Gasteiger partial charge on any atom is 0.289 e. The number of carbonyl (C=O) groups excluding carboxylic acids is 1. The summed E-state index contributed by atoms with van der Waals surface area (Å²) in [4.78, 5) is 34.0. The van der Waals surface area contributed by atoms with E-state index in [1.807, 2.05) is 41.3 Å². The highest BCUT2D eigenvalue weighted by atomic mass is 32.2. The number of nitrogens with zero attached hydrogens (tertiary/aromatic N) is 2.